The molecule has 5 aromatic rings. The summed E-state index contributed by atoms with van der Waals surface area (Å²) in [6.45, 7) is 1.20. The van der Waals surface area contributed by atoms with Gasteiger partial charge in [-0.25, -0.2) is 0 Å². The van der Waals surface area contributed by atoms with Crippen molar-refractivity contribution in [2.45, 2.75) is 13.0 Å². The Balaban J connectivity index is 1.32. The Morgan fingerprint density at radius 2 is 1.90 bits per heavy atom. The van der Waals surface area contributed by atoms with Crippen LogP contribution in [0.15, 0.2) is 66.9 Å². The number of carbonyl (C=O) groups is 1. The van der Waals surface area contributed by atoms with Crippen molar-refractivity contribution in [2.24, 2.45) is 7.05 Å². The van der Waals surface area contributed by atoms with Crippen molar-refractivity contribution in [1.82, 2.24) is 24.6 Å². The van der Waals surface area contributed by atoms with E-state index in [1.807, 2.05) is 59.1 Å². The van der Waals surface area contributed by atoms with Crippen LogP contribution in [-0.4, -0.2) is 37.1 Å². The second-order valence-corrected chi connectivity index (χ2v) is 8.06. The lowest BCUT2D eigenvalue weighted by Crippen LogP contribution is -2.36. The predicted octanol–water partition coefficient (Wildman–Crippen LogP) is 4.32. The van der Waals surface area contributed by atoms with Crippen molar-refractivity contribution in [2.75, 3.05) is 6.54 Å². The average molecular weight is 407 g/mol. The minimum atomic E-state index is 0.0363. The van der Waals surface area contributed by atoms with Crippen molar-refractivity contribution < 1.29 is 4.79 Å². The fraction of sp³-hybridized carbons (Fsp3) is 0.160. The molecule has 0 spiro atoms. The molecule has 1 amide bonds. The van der Waals surface area contributed by atoms with Crippen LogP contribution < -0.4 is 0 Å². The molecule has 0 fully saturated rings. The molecule has 6 rings (SSSR count). The largest absolute Gasteiger partial charge is 0.353 e. The molecule has 0 aliphatic carbocycles. The molecule has 0 bridgehead atoms. The van der Waals surface area contributed by atoms with Crippen LogP contribution in [0.2, 0.25) is 0 Å². The summed E-state index contributed by atoms with van der Waals surface area (Å²) in [4.78, 5) is 22.9. The van der Waals surface area contributed by atoms with Crippen LogP contribution in [0.25, 0.3) is 33.2 Å². The Hall–Kier alpha value is -3.93. The minimum Gasteiger partial charge on any atom is -0.353 e. The zero-order chi connectivity index (χ0) is 20.9. The predicted molar refractivity (Wildman–Crippen MR) is 121 cm³/mol. The standard InChI is InChI=1S/C25H21N5O/c1-29-24(22-14-17-5-2-3-7-21(17)27-22)19-10-12-30(15-23(19)28-29)25(31)18-8-9-20-16(13-18)6-4-11-26-20/h2-9,11,13-14,27H,10,12,15H2,1H3. The van der Waals surface area contributed by atoms with Gasteiger partial charge in [-0.1, -0.05) is 24.3 Å². The van der Waals surface area contributed by atoms with Gasteiger partial charge in [-0.15, -0.1) is 0 Å². The number of aromatic nitrogens is 4. The highest BCUT2D eigenvalue weighted by atomic mass is 16.2. The van der Waals surface area contributed by atoms with Gasteiger partial charge in [0.15, 0.2) is 0 Å². The van der Waals surface area contributed by atoms with Gasteiger partial charge in [-0.05, 0) is 42.8 Å². The summed E-state index contributed by atoms with van der Waals surface area (Å²) >= 11 is 0. The first-order chi connectivity index (χ1) is 15.2. The van der Waals surface area contributed by atoms with Gasteiger partial charge >= 0.3 is 0 Å². The third-order valence-electron chi connectivity index (χ3n) is 6.12. The van der Waals surface area contributed by atoms with Crippen LogP contribution in [-0.2, 0) is 20.0 Å². The number of hydrogen-bond acceptors (Lipinski definition) is 3. The molecule has 0 saturated carbocycles. The molecule has 1 aliphatic heterocycles. The fourth-order valence-corrected chi connectivity index (χ4v) is 4.62. The van der Waals surface area contributed by atoms with E-state index in [0.717, 1.165) is 39.9 Å². The maximum atomic E-state index is 13.2. The van der Waals surface area contributed by atoms with E-state index in [4.69, 9.17) is 5.10 Å². The lowest BCUT2D eigenvalue weighted by molar-refractivity contribution is 0.0732. The second-order valence-electron chi connectivity index (χ2n) is 8.06. The SMILES string of the molecule is Cn1nc2c(c1-c1cc3ccccc3[nH]1)CCN(C(=O)c1ccc3ncccc3c1)C2. The maximum Gasteiger partial charge on any atom is 0.254 e. The highest BCUT2D eigenvalue weighted by Gasteiger charge is 2.28. The number of H-pyrrole nitrogens is 1. The smallest absolute Gasteiger partial charge is 0.254 e. The van der Waals surface area contributed by atoms with E-state index in [0.29, 0.717) is 18.7 Å². The van der Waals surface area contributed by atoms with Crippen LogP contribution in [0.4, 0.5) is 0 Å². The van der Waals surface area contributed by atoms with E-state index in [2.05, 4.69) is 28.2 Å². The van der Waals surface area contributed by atoms with Crippen molar-refractivity contribution in [1.29, 1.82) is 0 Å². The number of rotatable bonds is 2. The number of benzene rings is 2. The zero-order valence-electron chi connectivity index (χ0n) is 17.2. The highest BCUT2D eigenvalue weighted by molar-refractivity contribution is 5.98. The molecule has 1 N–H and O–H groups in total. The van der Waals surface area contributed by atoms with Gasteiger partial charge in [0.2, 0.25) is 0 Å². The van der Waals surface area contributed by atoms with Crippen LogP contribution >= 0.6 is 0 Å². The van der Waals surface area contributed by atoms with Crippen molar-refractivity contribution in [3.8, 4) is 11.4 Å². The third-order valence-corrected chi connectivity index (χ3v) is 6.12. The highest BCUT2D eigenvalue weighted by Crippen LogP contribution is 2.32. The van der Waals surface area contributed by atoms with Gasteiger partial charge in [-0.3, -0.25) is 14.5 Å². The topological polar surface area (TPSA) is 66.8 Å². The van der Waals surface area contributed by atoms with Gasteiger partial charge in [0.25, 0.3) is 5.91 Å². The van der Waals surface area contributed by atoms with Crippen LogP contribution in [0.1, 0.15) is 21.6 Å². The van der Waals surface area contributed by atoms with Crippen LogP contribution in [0, 0.1) is 0 Å². The van der Waals surface area contributed by atoms with Gasteiger partial charge in [0.05, 0.1) is 29.1 Å². The minimum absolute atomic E-state index is 0.0363. The Labute approximate surface area is 179 Å². The van der Waals surface area contributed by atoms with Gasteiger partial charge < -0.3 is 9.88 Å². The lowest BCUT2D eigenvalue weighted by atomic mass is 10.0. The van der Waals surface area contributed by atoms with Gasteiger partial charge in [0, 0.05) is 47.2 Å². The van der Waals surface area contributed by atoms with Crippen LogP contribution in [0.3, 0.4) is 0 Å². The van der Waals surface area contributed by atoms with Gasteiger partial charge in [0.1, 0.15) is 0 Å². The summed E-state index contributed by atoms with van der Waals surface area (Å²) in [5.74, 6) is 0.0363. The number of carbonyl (C=O) groups excluding carboxylic acids is 1. The Kier molecular flexibility index (Phi) is 3.93. The maximum absolute atomic E-state index is 13.2. The molecule has 0 radical (unpaired) electrons. The van der Waals surface area contributed by atoms with E-state index in [1.165, 1.54) is 10.9 Å². The summed E-state index contributed by atoms with van der Waals surface area (Å²) in [5.41, 5.74) is 7.07. The molecule has 3 aromatic heterocycles. The first-order valence-corrected chi connectivity index (χ1v) is 10.4. The van der Waals surface area contributed by atoms with E-state index < -0.39 is 0 Å². The molecule has 1 aliphatic rings. The Morgan fingerprint density at radius 3 is 2.81 bits per heavy atom. The summed E-state index contributed by atoms with van der Waals surface area (Å²) in [5, 5.41) is 6.93. The fourth-order valence-electron chi connectivity index (χ4n) is 4.62. The molecule has 6 heteroatoms. The Morgan fingerprint density at radius 1 is 1.03 bits per heavy atom. The molecule has 31 heavy (non-hydrogen) atoms. The number of nitrogens with zero attached hydrogens (tertiary/aromatic N) is 4. The van der Waals surface area contributed by atoms with Crippen molar-refractivity contribution >= 4 is 27.7 Å². The molecular weight excluding hydrogens is 386 g/mol. The summed E-state index contributed by atoms with van der Waals surface area (Å²) in [7, 11) is 1.97. The third kappa shape index (κ3) is 2.91. The average Bonchev–Trinajstić information content (AvgIpc) is 3.37. The molecule has 4 heterocycles. The first kappa shape index (κ1) is 17.9. The Bertz CT molecular complexity index is 1430. The first-order valence-electron chi connectivity index (χ1n) is 10.4. The van der Waals surface area contributed by atoms with E-state index in [1.54, 1.807) is 6.20 Å². The summed E-state index contributed by atoms with van der Waals surface area (Å²) in [6, 6.07) is 20.0. The van der Waals surface area contributed by atoms with Crippen molar-refractivity contribution in [3.05, 3.63) is 83.7 Å². The number of aromatic amines is 1. The van der Waals surface area contributed by atoms with E-state index in [9.17, 15) is 4.79 Å². The molecule has 2 aromatic carbocycles. The zero-order valence-corrected chi connectivity index (χ0v) is 17.2. The molecule has 6 nitrogen and oxygen atoms in total. The molecule has 152 valence electrons. The number of hydrogen-bond donors (Lipinski definition) is 1. The number of para-hydroxylation sites is 1. The van der Waals surface area contributed by atoms with E-state index in [-0.39, 0.29) is 5.91 Å². The number of aryl methyl sites for hydroxylation is 1. The summed E-state index contributed by atoms with van der Waals surface area (Å²) in [6.07, 6.45) is 2.55. The molecule has 0 atom stereocenters. The van der Waals surface area contributed by atoms with Gasteiger partial charge in [-0.2, -0.15) is 5.10 Å². The number of fused-ring (bicyclic) bond motifs is 3. The molecular formula is C25H21N5O. The number of nitrogens with one attached hydrogen (secondary N) is 1. The molecule has 0 saturated heterocycles. The van der Waals surface area contributed by atoms with Crippen molar-refractivity contribution in [3.63, 3.8) is 0 Å². The quantitative estimate of drug-likeness (QED) is 0.474. The number of pyridine rings is 1. The molecule has 0 unspecified atom stereocenters. The lowest BCUT2D eigenvalue weighted by Gasteiger charge is -2.26. The number of amides is 1. The second kappa shape index (κ2) is 6.80. The van der Waals surface area contributed by atoms with E-state index >= 15 is 0 Å². The van der Waals surface area contributed by atoms with Crippen LogP contribution in [0.5, 0.6) is 0 Å². The monoisotopic (exact) mass is 407 g/mol. The normalized spacial score (nSPS) is 13.6. The summed E-state index contributed by atoms with van der Waals surface area (Å²) < 4.78 is 1.94.